The van der Waals surface area contributed by atoms with Crippen molar-refractivity contribution in [2.45, 2.75) is 26.2 Å². The van der Waals surface area contributed by atoms with E-state index < -0.39 is 0 Å². The number of anilines is 1. The first-order valence-corrected chi connectivity index (χ1v) is 9.08. The molecule has 0 unspecified atom stereocenters. The topological polar surface area (TPSA) is 68.0 Å². The molecule has 0 fully saturated rings. The molecule has 0 aliphatic rings. The Kier molecular flexibility index (Phi) is 5.47. The number of nitrogens with one attached hydrogen (secondary N) is 1. The number of amides is 1. The second-order valence-corrected chi connectivity index (χ2v) is 7.17. The summed E-state index contributed by atoms with van der Waals surface area (Å²) in [5.41, 5.74) is 2.95. The summed E-state index contributed by atoms with van der Waals surface area (Å²) in [5.74, 6) is 0.705. The first kappa shape index (κ1) is 17.6. The molecular weight excluding hydrogens is 429 g/mol. The van der Waals surface area contributed by atoms with Crippen LogP contribution >= 0.6 is 22.6 Å². The fourth-order valence-electron chi connectivity index (χ4n) is 2.38. The van der Waals surface area contributed by atoms with Crippen molar-refractivity contribution in [3.63, 3.8) is 0 Å². The number of benzene rings is 2. The van der Waals surface area contributed by atoms with Crippen LogP contribution < -0.4 is 5.32 Å². The zero-order valence-corrected chi connectivity index (χ0v) is 16.1. The summed E-state index contributed by atoms with van der Waals surface area (Å²) in [6.45, 7) is 4.33. The quantitative estimate of drug-likeness (QED) is 0.579. The van der Waals surface area contributed by atoms with E-state index in [4.69, 9.17) is 4.42 Å². The van der Waals surface area contributed by atoms with Gasteiger partial charge in [-0.05, 0) is 51.8 Å². The molecule has 3 aromatic rings. The Bertz CT molecular complexity index is 872. The van der Waals surface area contributed by atoms with E-state index in [1.54, 1.807) is 6.07 Å². The lowest BCUT2D eigenvalue weighted by atomic mass is 10.0. The van der Waals surface area contributed by atoms with E-state index in [-0.39, 0.29) is 11.9 Å². The molecule has 6 heteroatoms. The van der Waals surface area contributed by atoms with Gasteiger partial charge in [0.25, 0.3) is 5.91 Å². The molecule has 25 heavy (non-hydrogen) atoms. The van der Waals surface area contributed by atoms with Crippen molar-refractivity contribution >= 4 is 34.5 Å². The summed E-state index contributed by atoms with van der Waals surface area (Å²) in [6, 6.07) is 15.8. The molecule has 0 spiro atoms. The fourth-order valence-corrected chi connectivity index (χ4v) is 3.01. The Morgan fingerprint density at radius 1 is 1.12 bits per heavy atom. The van der Waals surface area contributed by atoms with Gasteiger partial charge in [-0.1, -0.05) is 55.3 Å². The van der Waals surface area contributed by atoms with Crippen LogP contribution in [0.5, 0.6) is 0 Å². The monoisotopic (exact) mass is 447 g/mol. The smallest absolute Gasteiger partial charge is 0.322 e. The summed E-state index contributed by atoms with van der Waals surface area (Å²) in [4.78, 5) is 12.3. The highest BCUT2D eigenvalue weighted by Gasteiger charge is 2.14. The van der Waals surface area contributed by atoms with E-state index in [1.807, 2.05) is 18.2 Å². The molecule has 0 atom stereocenters. The van der Waals surface area contributed by atoms with Gasteiger partial charge in [0.1, 0.15) is 0 Å². The number of rotatable bonds is 5. The molecule has 5 nitrogen and oxygen atoms in total. The molecule has 0 aliphatic carbocycles. The zero-order valence-electron chi connectivity index (χ0n) is 14.0. The molecule has 0 bridgehead atoms. The highest BCUT2D eigenvalue weighted by atomic mass is 127. The lowest BCUT2D eigenvalue weighted by Gasteiger charge is -2.05. The van der Waals surface area contributed by atoms with Gasteiger partial charge in [0, 0.05) is 3.57 Å². The molecule has 3 rings (SSSR count). The number of carbonyl (C=O) groups is 1. The first-order valence-electron chi connectivity index (χ1n) is 8.00. The second-order valence-electron chi connectivity index (χ2n) is 6.01. The van der Waals surface area contributed by atoms with Gasteiger partial charge in [-0.15, -0.1) is 5.10 Å². The highest BCUT2D eigenvalue weighted by Crippen LogP contribution is 2.18. The van der Waals surface area contributed by atoms with Crippen LogP contribution in [-0.4, -0.2) is 16.1 Å². The van der Waals surface area contributed by atoms with Crippen molar-refractivity contribution in [3.8, 4) is 0 Å². The molecule has 128 valence electrons. The van der Waals surface area contributed by atoms with Crippen molar-refractivity contribution in [2.24, 2.45) is 0 Å². The zero-order chi connectivity index (χ0) is 17.8. The third kappa shape index (κ3) is 4.45. The Morgan fingerprint density at radius 2 is 1.84 bits per heavy atom. The predicted octanol–water partition coefficient (Wildman–Crippen LogP) is 4.64. The lowest BCUT2D eigenvalue weighted by Crippen LogP contribution is -2.13. The SMILES string of the molecule is CC(C)c1ccc(Cc2nnc(NC(=O)c3ccccc3I)o2)cc1. The molecule has 2 aromatic carbocycles. The molecule has 1 aromatic heterocycles. The molecule has 0 saturated carbocycles. The number of carbonyl (C=O) groups excluding carboxylic acids is 1. The van der Waals surface area contributed by atoms with Crippen LogP contribution in [0, 0.1) is 3.57 Å². The van der Waals surface area contributed by atoms with Crippen LogP contribution in [0.15, 0.2) is 52.9 Å². The van der Waals surface area contributed by atoms with E-state index in [1.165, 1.54) is 5.56 Å². The van der Waals surface area contributed by atoms with E-state index >= 15 is 0 Å². The predicted molar refractivity (Wildman–Crippen MR) is 105 cm³/mol. The van der Waals surface area contributed by atoms with E-state index in [0.29, 0.717) is 23.8 Å². The van der Waals surface area contributed by atoms with Gasteiger partial charge in [-0.25, -0.2) is 0 Å². The number of hydrogen-bond donors (Lipinski definition) is 1. The Hall–Kier alpha value is -2.22. The van der Waals surface area contributed by atoms with Gasteiger partial charge < -0.3 is 4.42 Å². The van der Waals surface area contributed by atoms with Crippen molar-refractivity contribution in [1.82, 2.24) is 10.2 Å². The van der Waals surface area contributed by atoms with Crippen LogP contribution in [0.25, 0.3) is 0 Å². The van der Waals surface area contributed by atoms with Gasteiger partial charge in [0.05, 0.1) is 12.0 Å². The largest absolute Gasteiger partial charge is 0.407 e. The van der Waals surface area contributed by atoms with Crippen LogP contribution in [0.3, 0.4) is 0 Å². The fraction of sp³-hybridized carbons (Fsp3) is 0.211. The van der Waals surface area contributed by atoms with Crippen LogP contribution in [-0.2, 0) is 6.42 Å². The van der Waals surface area contributed by atoms with Crippen molar-refractivity contribution in [3.05, 3.63) is 74.7 Å². The average Bonchev–Trinajstić information content (AvgIpc) is 3.02. The number of halogens is 1. The van der Waals surface area contributed by atoms with Crippen LogP contribution in [0.2, 0.25) is 0 Å². The Balaban J connectivity index is 1.66. The van der Waals surface area contributed by atoms with Crippen LogP contribution in [0.4, 0.5) is 6.01 Å². The second kappa shape index (κ2) is 7.77. The van der Waals surface area contributed by atoms with Gasteiger partial charge in [-0.2, -0.15) is 0 Å². The highest BCUT2D eigenvalue weighted by molar-refractivity contribution is 14.1. The molecular formula is C19H18IN3O2. The number of hydrogen-bond acceptors (Lipinski definition) is 4. The summed E-state index contributed by atoms with van der Waals surface area (Å²) in [6.07, 6.45) is 0.532. The minimum atomic E-state index is -0.263. The first-order chi connectivity index (χ1) is 12.0. The summed E-state index contributed by atoms with van der Waals surface area (Å²) in [5, 5.41) is 10.6. The minimum absolute atomic E-state index is 0.110. The maximum Gasteiger partial charge on any atom is 0.322 e. The third-order valence-electron chi connectivity index (χ3n) is 3.81. The average molecular weight is 447 g/mol. The summed E-state index contributed by atoms with van der Waals surface area (Å²) < 4.78 is 6.40. The molecule has 1 amide bonds. The Labute approximate surface area is 160 Å². The van der Waals surface area contributed by atoms with Gasteiger partial charge in [0.15, 0.2) is 0 Å². The molecule has 0 radical (unpaired) electrons. The van der Waals surface area contributed by atoms with Gasteiger partial charge in [-0.3, -0.25) is 10.1 Å². The molecule has 1 N–H and O–H groups in total. The van der Waals surface area contributed by atoms with E-state index in [2.05, 4.69) is 76.2 Å². The number of nitrogens with zero attached hydrogens (tertiary/aromatic N) is 2. The summed E-state index contributed by atoms with van der Waals surface area (Å²) >= 11 is 2.12. The van der Waals surface area contributed by atoms with E-state index in [9.17, 15) is 4.79 Å². The van der Waals surface area contributed by atoms with E-state index in [0.717, 1.165) is 9.13 Å². The van der Waals surface area contributed by atoms with Crippen molar-refractivity contribution in [1.29, 1.82) is 0 Å². The summed E-state index contributed by atoms with van der Waals surface area (Å²) in [7, 11) is 0. The Morgan fingerprint density at radius 3 is 2.52 bits per heavy atom. The molecule has 1 heterocycles. The normalized spacial score (nSPS) is 10.9. The lowest BCUT2D eigenvalue weighted by molar-refractivity contribution is 0.102. The van der Waals surface area contributed by atoms with Gasteiger partial charge in [0.2, 0.25) is 5.89 Å². The van der Waals surface area contributed by atoms with Crippen molar-refractivity contribution < 1.29 is 9.21 Å². The third-order valence-corrected chi connectivity index (χ3v) is 4.75. The number of aromatic nitrogens is 2. The minimum Gasteiger partial charge on any atom is -0.407 e. The van der Waals surface area contributed by atoms with Crippen molar-refractivity contribution in [2.75, 3.05) is 5.32 Å². The maximum atomic E-state index is 12.3. The van der Waals surface area contributed by atoms with Crippen LogP contribution in [0.1, 0.15) is 47.1 Å². The van der Waals surface area contributed by atoms with Gasteiger partial charge >= 0.3 is 6.01 Å². The standard InChI is InChI=1S/C19H18IN3O2/c1-12(2)14-9-7-13(8-10-14)11-17-22-23-19(25-17)21-18(24)15-5-3-4-6-16(15)20/h3-10,12H,11H2,1-2H3,(H,21,23,24). The molecule has 0 saturated heterocycles. The maximum absolute atomic E-state index is 12.3. The molecule has 0 aliphatic heterocycles.